The van der Waals surface area contributed by atoms with Crippen LogP contribution in [0.25, 0.3) is 0 Å². The summed E-state index contributed by atoms with van der Waals surface area (Å²) in [6, 6.07) is 7.14. The van der Waals surface area contributed by atoms with E-state index in [2.05, 4.69) is 33.2 Å². The molecule has 4 heteroatoms. The lowest BCUT2D eigenvalue weighted by atomic mass is 9.98. The number of rotatable bonds is 2. The molecule has 0 amide bonds. The van der Waals surface area contributed by atoms with Gasteiger partial charge in [0.05, 0.1) is 4.47 Å². The number of hydrogen-bond acceptors (Lipinski definition) is 2. The van der Waals surface area contributed by atoms with E-state index in [9.17, 15) is 4.39 Å². The van der Waals surface area contributed by atoms with E-state index in [1.807, 2.05) is 12.1 Å². The van der Waals surface area contributed by atoms with Crippen molar-refractivity contribution >= 4 is 21.6 Å². The van der Waals surface area contributed by atoms with Crippen molar-refractivity contribution in [2.24, 2.45) is 0 Å². The van der Waals surface area contributed by atoms with Crippen LogP contribution in [0.5, 0.6) is 0 Å². The third-order valence-electron chi connectivity index (χ3n) is 4.39. The van der Waals surface area contributed by atoms with Crippen LogP contribution in [0.3, 0.4) is 0 Å². The Kier molecular flexibility index (Phi) is 3.32. The molecule has 0 saturated carbocycles. The summed E-state index contributed by atoms with van der Waals surface area (Å²) in [4.78, 5) is 2.53. The predicted molar refractivity (Wildman–Crippen MR) is 75.3 cm³/mol. The zero-order valence-corrected chi connectivity index (χ0v) is 12.1. The van der Waals surface area contributed by atoms with Crippen molar-refractivity contribution in [3.05, 3.63) is 28.5 Å². The SMILES string of the molecule is CN1C2CCC1CC(Nc1ccc(F)c(Br)c1)C2. The van der Waals surface area contributed by atoms with Crippen LogP contribution in [0.4, 0.5) is 10.1 Å². The highest BCUT2D eigenvalue weighted by molar-refractivity contribution is 9.10. The molecule has 0 aromatic heterocycles. The molecular formula is C14H18BrFN2. The fourth-order valence-corrected chi connectivity index (χ4v) is 3.73. The number of benzene rings is 1. The van der Waals surface area contributed by atoms with E-state index in [1.54, 1.807) is 0 Å². The zero-order chi connectivity index (χ0) is 12.7. The first-order chi connectivity index (χ1) is 8.63. The number of piperidine rings is 1. The van der Waals surface area contributed by atoms with Crippen molar-refractivity contribution in [2.45, 2.75) is 43.8 Å². The topological polar surface area (TPSA) is 15.3 Å². The number of halogens is 2. The normalized spacial score (nSPS) is 31.6. The van der Waals surface area contributed by atoms with E-state index in [0.29, 0.717) is 10.5 Å². The minimum atomic E-state index is -0.205. The fourth-order valence-electron chi connectivity index (χ4n) is 3.35. The minimum Gasteiger partial charge on any atom is -0.382 e. The molecule has 2 bridgehead atoms. The van der Waals surface area contributed by atoms with Crippen LogP contribution in [-0.2, 0) is 0 Å². The van der Waals surface area contributed by atoms with Crippen molar-refractivity contribution in [2.75, 3.05) is 12.4 Å². The molecule has 0 radical (unpaired) electrons. The molecule has 2 nitrogen and oxygen atoms in total. The lowest BCUT2D eigenvalue weighted by Crippen LogP contribution is -2.44. The number of anilines is 1. The molecular weight excluding hydrogens is 295 g/mol. The number of hydrogen-bond donors (Lipinski definition) is 1. The maximum Gasteiger partial charge on any atom is 0.137 e. The van der Waals surface area contributed by atoms with Gasteiger partial charge in [0.15, 0.2) is 0 Å². The van der Waals surface area contributed by atoms with Crippen LogP contribution in [0.1, 0.15) is 25.7 Å². The number of nitrogens with one attached hydrogen (secondary N) is 1. The Morgan fingerprint density at radius 1 is 1.28 bits per heavy atom. The third kappa shape index (κ3) is 2.28. The van der Waals surface area contributed by atoms with E-state index >= 15 is 0 Å². The summed E-state index contributed by atoms with van der Waals surface area (Å²) < 4.78 is 13.7. The molecule has 18 heavy (non-hydrogen) atoms. The second kappa shape index (κ2) is 4.82. The summed E-state index contributed by atoms with van der Waals surface area (Å²) in [7, 11) is 2.24. The number of fused-ring (bicyclic) bond motifs is 2. The van der Waals surface area contributed by atoms with Gasteiger partial charge in [-0.05, 0) is 66.9 Å². The fraction of sp³-hybridized carbons (Fsp3) is 0.571. The van der Waals surface area contributed by atoms with Gasteiger partial charge in [-0.2, -0.15) is 0 Å². The molecule has 0 aliphatic carbocycles. The van der Waals surface area contributed by atoms with Crippen LogP contribution in [0.2, 0.25) is 0 Å². The maximum absolute atomic E-state index is 13.2. The molecule has 2 atom stereocenters. The molecule has 2 aliphatic rings. The van der Waals surface area contributed by atoms with Crippen molar-refractivity contribution in [1.29, 1.82) is 0 Å². The second-order valence-electron chi connectivity index (χ2n) is 5.49. The van der Waals surface area contributed by atoms with Gasteiger partial charge in [0.2, 0.25) is 0 Å². The van der Waals surface area contributed by atoms with Gasteiger partial charge >= 0.3 is 0 Å². The highest BCUT2D eigenvalue weighted by atomic mass is 79.9. The first kappa shape index (κ1) is 12.4. The summed E-state index contributed by atoms with van der Waals surface area (Å²) in [6.07, 6.45) is 5.04. The lowest BCUT2D eigenvalue weighted by Gasteiger charge is -2.37. The lowest BCUT2D eigenvalue weighted by molar-refractivity contribution is 0.169. The molecule has 0 spiro atoms. The summed E-state index contributed by atoms with van der Waals surface area (Å²) in [5.74, 6) is -0.205. The van der Waals surface area contributed by atoms with Gasteiger partial charge in [-0.1, -0.05) is 0 Å². The Morgan fingerprint density at radius 2 is 1.94 bits per heavy atom. The molecule has 3 rings (SSSR count). The summed E-state index contributed by atoms with van der Waals surface area (Å²) in [5.41, 5.74) is 1.01. The van der Waals surface area contributed by atoms with Gasteiger partial charge in [-0.25, -0.2) is 4.39 Å². The summed E-state index contributed by atoms with van der Waals surface area (Å²) in [6.45, 7) is 0. The van der Waals surface area contributed by atoms with Crippen LogP contribution in [-0.4, -0.2) is 30.1 Å². The van der Waals surface area contributed by atoms with Crippen molar-refractivity contribution in [3.8, 4) is 0 Å². The smallest absolute Gasteiger partial charge is 0.137 e. The van der Waals surface area contributed by atoms with Gasteiger partial charge in [0, 0.05) is 23.8 Å². The second-order valence-corrected chi connectivity index (χ2v) is 6.35. The average Bonchev–Trinajstić information content (AvgIpc) is 2.58. The minimum absolute atomic E-state index is 0.205. The zero-order valence-electron chi connectivity index (χ0n) is 10.5. The van der Waals surface area contributed by atoms with Crippen molar-refractivity contribution in [3.63, 3.8) is 0 Å². The Balaban J connectivity index is 1.68. The molecule has 2 unspecified atom stereocenters. The van der Waals surface area contributed by atoms with Gasteiger partial charge in [0.25, 0.3) is 0 Å². The predicted octanol–water partition coefficient (Wildman–Crippen LogP) is 3.63. The Morgan fingerprint density at radius 3 is 2.56 bits per heavy atom. The van der Waals surface area contributed by atoms with Gasteiger partial charge < -0.3 is 10.2 Å². The monoisotopic (exact) mass is 312 g/mol. The highest BCUT2D eigenvalue weighted by Crippen LogP contribution is 2.35. The van der Waals surface area contributed by atoms with E-state index in [-0.39, 0.29) is 5.82 Å². The molecule has 2 heterocycles. The maximum atomic E-state index is 13.2. The third-order valence-corrected chi connectivity index (χ3v) is 5.00. The molecule has 2 saturated heterocycles. The van der Waals surface area contributed by atoms with Crippen LogP contribution < -0.4 is 5.32 Å². The van der Waals surface area contributed by atoms with E-state index in [1.165, 1.54) is 31.7 Å². The van der Waals surface area contributed by atoms with E-state index in [4.69, 9.17) is 0 Å². The average molecular weight is 313 g/mol. The van der Waals surface area contributed by atoms with E-state index in [0.717, 1.165) is 17.8 Å². The largest absolute Gasteiger partial charge is 0.382 e. The van der Waals surface area contributed by atoms with Crippen molar-refractivity contribution < 1.29 is 4.39 Å². The van der Waals surface area contributed by atoms with Crippen LogP contribution in [0.15, 0.2) is 22.7 Å². The molecule has 1 aromatic carbocycles. The molecule has 2 fully saturated rings. The Hall–Kier alpha value is -0.610. The van der Waals surface area contributed by atoms with Crippen molar-refractivity contribution in [1.82, 2.24) is 4.90 Å². The van der Waals surface area contributed by atoms with E-state index < -0.39 is 0 Å². The van der Waals surface area contributed by atoms with Crippen LogP contribution >= 0.6 is 15.9 Å². The first-order valence-electron chi connectivity index (χ1n) is 6.57. The summed E-state index contributed by atoms with van der Waals surface area (Å²) in [5, 5.41) is 3.55. The molecule has 98 valence electrons. The Bertz CT molecular complexity index is 437. The van der Waals surface area contributed by atoms with Gasteiger partial charge in [0.1, 0.15) is 5.82 Å². The van der Waals surface area contributed by atoms with Gasteiger partial charge in [-0.15, -0.1) is 0 Å². The standard InChI is InChI=1S/C14H18BrFN2/c1-18-11-3-4-12(18)7-10(6-11)17-9-2-5-14(16)13(15)8-9/h2,5,8,10-12,17H,3-4,6-7H2,1H3. The summed E-state index contributed by atoms with van der Waals surface area (Å²) >= 11 is 3.23. The molecule has 1 N–H and O–H groups in total. The molecule has 1 aromatic rings. The number of nitrogens with zero attached hydrogens (tertiary/aromatic N) is 1. The highest BCUT2D eigenvalue weighted by Gasteiger charge is 2.38. The molecule has 2 aliphatic heterocycles. The quantitative estimate of drug-likeness (QED) is 0.897. The van der Waals surface area contributed by atoms with Crippen LogP contribution in [0, 0.1) is 5.82 Å². The van der Waals surface area contributed by atoms with Gasteiger partial charge in [-0.3, -0.25) is 0 Å². The Labute approximate surface area is 116 Å². The first-order valence-corrected chi connectivity index (χ1v) is 7.36.